The zero-order chi connectivity index (χ0) is 8.15. The molecule has 1 amide bonds. The van der Waals surface area contributed by atoms with Crippen LogP contribution in [-0.2, 0) is 4.79 Å². The molecule has 2 N–H and O–H groups in total. The summed E-state index contributed by atoms with van der Waals surface area (Å²) in [7, 11) is 3.73. The molecular weight excluding hydrogens is 128 g/mol. The molecule has 1 atom stereocenters. The van der Waals surface area contributed by atoms with Gasteiger partial charge < -0.3 is 5.73 Å². The predicted octanol–water partition coefficient (Wildman–Crippen LogP) is 0.202. The molecule has 0 bridgehead atoms. The molecule has 1 unspecified atom stereocenters. The first-order valence-electron chi connectivity index (χ1n) is 3.55. The van der Waals surface area contributed by atoms with E-state index in [0.717, 1.165) is 12.8 Å². The Kier molecular flexibility index (Phi) is 4.03. The van der Waals surface area contributed by atoms with Gasteiger partial charge in [-0.25, -0.2) is 0 Å². The van der Waals surface area contributed by atoms with Gasteiger partial charge in [0.15, 0.2) is 0 Å². The Bertz CT molecular complexity index is 112. The maximum Gasteiger partial charge on any atom is 0.234 e. The standard InChI is InChI=1S/C7H16N2O/c1-4-5-6(7(8)10)9(2)3/h6H,4-5H2,1-3H3,(H2,8,10). The van der Waals surface area contributed by atoms with Crippen molar-refractivity contribution in [3.8, 4) is 0 Å². The molecule has 0 aromatic heterocycles. The molecule has 0 radical (unpaired) electrons. The van der Waals surface area contributed by atoms with Crippen LogP contribution in [0.5, 0.6) is 0 Å². The second kappa shape index (κ2) is 4.28. The summed E-state index contributed by atoms with van der Waals surface area (Å²) in [6.07, 6.45) is 1.84. The summed E-state index contributed by atoms with van der Waals surface area (Å²) in [5.74, 6) is -0.230. The Balaban J connectivity index is 3.85. The van der Waals surface area contributed by atoms with E-state index >= 15 is 0 Å². The van der Waals surface area contributed by atoms with Gasteiger partial charge in [-0.2, -0.15) is 0 Å². The summed E-state index contributed by atoms with van der Waals surface area (Å²) in [6, 6.07) is -0.0926. The van der Waals surface area contributed by atoms with E-state index in [1.165, 1.54) is 0 Å². The van der Waals surface area contributed by atoms with Crippen LogP contribution >= 0.6 is 0 Å². The minimum atomic E-state index is -0.230. The van der Waals surface area contributed by atoms with E-state index in [1.807, 2.05) is 25.9 Å². The van der Waals surface area contributed by atoms with Crippen molar-refractivity contribution < 1.29 is 4.79 Å². The van der Waals surface area contributed by atoms with Gasteiger partial charge in [-0.1, -0.05) is 13.3 Å². The molecule has 0 fully saturated rings. The largest absolute Gasteiger partial charge is 0.368 e. The maximum absolute atomic E-state index is 10.7. The number of hydrogen-bond acceptors (Lipinski definition) is 2. The van der Waals surface area contributed by atoms with E-state index in [-0.39, 0.29) is 11.9 Å². The molecule has 0 aliphatic heterocycles. The van der Waals surface area contributed by atoms with Gasteiger partial charge in [0.2, 0.25) is 5.91 Å². The Labute approximate surface area is 62.2 Å². The Morgan fingerprint density at radius 1 is 1.60 bits per heavy atom. The lowest BCUT2D eigenvalue weighted by atomic mass is 10.1. The number of likely N-dealkylation sites (N-methyl/N-ethyl adjacent to an activating group) is 1. The third-order valence-electron chi connectivity index (χ3n) is 1.51. The molecular formula is C7H16N2O. The van der Waals surface area contributed by atoms with E-state index in [0.29, 0.717) is 0 Å². The van der Waals surface area contributed by atoms with Crippen LogP contribution in [0.3, 0.4) is 0 Å². The molecule has 0 saturated heterocycles. The molecule has 0 aliphatic rings. The first-order chi connectivity index (χ1) is 4.59. The van der Waals surface area contributed by atoms with Crippen LogP contribution in [0, 0.1) is 0 Å². The van der Waals surface area contributed by atoms with Crippen molar-refractivity contribution in [2.45, 2.75) is 25.8 Å². The van der Waals surface area contributed by atoms with Gasteiger partial charge in [-0.3, -0.25) is 9.69 Å². The average molecular weight is 144 g/mol. The molecule has 3 heteroatoms. The predicted molar refractivity (Wildman–Crippen MR) is 41.6 cm³/mol. The van der Waals surface area contributed by atoms with Gasteiger partial charge in [-0.15, -0.1) is 0 Å². The number of nitrogens with zero attached hydrogens (tertiary/aromatic N) is 1. The number of nitrogens with two attached hydrogens (primary N) is 1. The highest BCUT2D eigenvalue weighted by molar-refractivity contribution is 5.79. The van der Waals surface area contributed by atoms with Gasteiger partial charge in [0.25, 0.3) is 0 Å². The van der Waals surface area contributed by atoms with Crippen LogP contribution < -0.4 is 5.73 Å². The number of rotatable bonds is 4. The maximum atomic E-state index is 10.7. The summed E-state index contributed by atoms with van der Waals surface area (Å²) in [6.45, 7) is 2.04. The number of carbonyl (C=O) groups excluding carboxylic acids is 1. The lowest BCUT2D eigenvalue weighted by Gasteiger charge is -2.19. The molecule has 0 aliphatic carbocycles. The van der Waals surface area contributed by atoms with Gasteiger partial charge in [0.05, 0.1) is 6.04 Å². The fourth-order valence-corrected chi connectivity index (χ4v) is 0.928. The molecule has 3 nitrogen and oxygen atoms in total. The van der Waals surface area contributed by atoms with E-state index in [1.54, 1.807) is 0 Å². The zero-order valence-electron chi connectivity index (χ0n) is 6.92. The van der Waals surface area contributed by atoms with Crippen molar-refractivity contribution in [3.63, 3.8) is 0 Å². The lowest BCUT2D eigenvalue weighted by Crippen LogP contribution is -2.40. The molecule has 0 aromatic rings. The van der Waals surface area contributed by atoms with Gasteiger partial charge in [0, 0.05) is 0 Å². The van der Waals surface area contributed by atoms with Crippen molar-refractivity contribution in [2.75, 3.05) is 14.1 Å². The highest BCUT2D eigenvalue weighted by atomic mass is 16.1. The third kappa shape index (κ3) is 2.82. The summed E-state index contributed by atoms with van der Waals surface area (Å²) < 4.78 is 0. The fraction of sp³-hybridized carbons (Fsp3) is 0.857. The topological polar surface area (TPSA) is 46.3 Å². The summed E-state index contributed by atoms with van der Waals surface area (Å²) in [5.41, 5.74) is 5.14. The number of amides is 1. The van der Waals surface area contributed by atoms with E-state index < -0.39 is 0 Å². The van der Waals surface area contributed by atoms with E-state index in [4.69, 9.17) is 5.73 Å². The van der Waals surface area contributed by atoms with Crippen molar-refractivity contribution >= 4 is 5.91 Å². The summed E-state index contributed by atoms with van der Waals surface area (Å²) in [4.78, 5) is 12.6. The lowest BCUT2D eigenvalue weighted by molar-refractivity contribution is -0.122. The molecule has 0 rings (SSSR count). The first-order valence-corrected chi connectivity index (χ1v) is 3.55. The monoisotopic (exact) mass is 144 g/mol. The van der Waals surface area contributed by atoms with E-state index in [9.17, 15) is 4.79 Å². The second-order valence-electron chi connectivity index (χ2n) is 2.67. The normalized spacial score (nSPS) is 13.6. The number of hydrogen-bond donors (Lipinski definition) is 1. The van der Waals surface area contributed by atoms with Gasteiger partial charge in [-0.05, 0) is 20.5 Å². The smallest absolute Gasteiger partial charge is 0.234 e. The minimum absolute atomic E-state index is 0.0926. The van der Waals surface area contributed by atoms with Crippen LogP contribution in [0.25, 0.3) is 0 Å². The molecule has 0 saturated carbocycles. The van der Waals surface area contributed by atoms with Crippen LogP contribution in [0.2, 0.25) is 0 Å². The van der Waals surface area contributed by atoms with E-state index in [2.05, 4.69) is 0 Å². The highest BCUT2D eigenvalue weighted by Crippen LogP contribution is 2.00. The van der Waals surface area contributed by atoms with Crippen LogP contribution in [0.4, 0.5) is 0 Å². The van der Waals surface area contributed by atoms with Crippen molar-refractivity contribution in [1.29, 1.82) is 0 Å². The molecule has 60 valence electrons. The SMILES string of the molecule is CCCC(C(N)=O)N(C)C. The van der Waals surface area contributed by atoms with Gasteiger partial charge >= 0.3 is 0 Å². The quantitative estimate of drug-likeness (QED) is 0.612. The number of carbonyl (C=O) groups is 1. The zero-order valence-corrected chi connectivity index (χ0v) is 6.92. The van der Waals surface area contributed by atoms with Crippen molar-refractivity contribution in [1.82, 2.24) is 4.90 Å². The van der Waals surface area contributed by atoms with Crippen molar-refractivity contribution in [3.05, 3.63) is 0 Å². The molecule has 0 heterocycles. The Morgan fingerprint density at radius 3 is 2.20 bits per heavy atom. The summed E-state index contributed by atoms with van der Waals surface area (Å²) >= 11 is 0. The molecule has 0 spiro atoms. The molecule has 0 aromatic carbocycles. The third-order valence-corrected chi connectivity index (χ3v) is 1.51. The Hall–Kier alpha value is -0.570. The van der Waals surface area contributed by atoms with Crippen molar-refractivity contribution in [2.24, 2.45) is 5.73 Å². The highest BCUT2D eigenvalue weighted by Gasteiger charge is 2.15. The molecule has 10 heavy (non-hydrogen) atoms. The second-order valence-corrected chi connectivity index (χ2v) is 2.67. The average Bonchev–Trinajstić information content (AvgIpc) is 1.81. The van der Waals surface area contributed by atoms with Gasteiger partial charge in [0.1, 0.15) is 0 Å². The Morgan fingerprint density at radius 2 is 2.10 bits per heavy atom. The minimum Gasteiger partial charge on any atom is -0.368 e. The first kappa shape index (κ1) is 9.43. The fourth-order valence-electron chi connectivity index (χ4n) is 0.928. The van der Waals surface area contributed by atoms with Crippen LogP contribution in [0.1, 0.15) is 19.8 Å². The van der Waals surface area contributed by atoms with Crippen LogP contribution in [-0.4, -0.2) is 30.9 Å². The number of primary amides is 1. The summed E-state index contributed by atoms with van der Waals surface area (Å²) in [5, 5.41) is 0. The van der Waals surface area contributed by atoms with Crippen LogP contribution in [0.15, 0.2) is 0 Å².